The Labute approximate surface area is 274 Å². The van der Waals surface area contributed by atoms with Gasteiger partial charge in [-0.1, -0.05) is 182 Å². The van der Waals surface area contributed by atoms with Crippen LogP contribution in [0.2, 0.25) is 0 Å². The summed E-state index contributed by atoms with van der Waals surface area (Å²) in [5.74, 6) is 1.13. The number of rotatable bonds is 34. The van der Waals surface area contributed by atoms with Crippen LogP contribution in [-0.4, -0.2) is 36.4 Å². The van der Waals surface area contributed by atoms with E-state index in [4.69, 9.17) is 9.47 Å². The summed E-state index contributed by atoms with van der Waals surface area (Å²) in [5, 5.41) is 10.00. The molecule has 262 valence electrons. The monoisotopic (exact) mass is 625 g/mol. The van der Waals surface area contributed by atoms with Gasteiger partial charge in [0.25, 0.3) is 0 Å². The molecule has 0 amide bonds. The molecule has 0 aliphatic rings. The molecule has 0 saturated heterocycles. The molecule has 0 aromatic carbocycles. The normalized spacial score (nSPS) is 12.2. The Morgan fingerprint density at radius 1 is 0.409 bits per heavy atom. The zero-order valence-corrected chi connectivity index (χ0v) is 30.0. The van der Waals surface area contributed by atoms with Gasteiger partial charge in [-0.25, -0.2) is 0 Å². The molecule has 0 aromatic heterocycles. The maximum Gasteiger partial charge on any atom is 0.305 e. The van der Waals surface area contributed by atoms with Crippen molar-refractivity contribution in [1.29, 1.82) is 0 Å². The molecule has 1 N–H and O–H groups in total. The van der Waals surface area contributed by atoms with Gasteiger partial charge < -0.3 is 14.6 Å². The Morgan fingerprint density at radius 2 is 0.636 bits per heavy atom. The smallest absolute Gasteiger partial charge is 0.305 e. The summed E-state index contributed by atoms with van der Waals surface area (Å²) in [7, 11) is 0. The molecule has 44 heavy (non-hydrogen) atoms. The number of carbonyl (C=O) groups is 2. The minimum Gasteiger partial charge on any atom is -0.463 e. The summed E-state index contributed by atoms with van der Waals surface area (Å²) in [6.45, 7) is 9.01. The van der Waals surface area contributed by atoms with Crippen molar-refractivity contribution in [2.75, 3.05) is 13.2 Å². The quantitative estimate of drug-likeness (QED) is 0.0569. The van der Waals surface area contributed by atoms with Crippen molar-refractivity contribution in [3.8, 4) is 0 Å². The van der Waals surface area contributed by atoms with Crippen molar-refractivity contribution >= 4 is 11.9 Å². The van der Waals surface area contributed by atoms with E-state index in [1.54, 1.807) is 0 Å². The predicted octanol–water partition coefficient (Wildman–Crippen LogP) is 11.7. The van der Waals surface area contributed by atoms with Gasteiger partial charge in [0.05, 0.1) is 0 Å². The highest BCUT2D eigenvalue weighted by atomic mass is 16.6. The third-order valence-corrected chi connectivity index (χ3v) is 8.70. The van der Waals surface area contributed by atoms with E-state index >= 15 is 0 Å². The van der Waals surface area contributed by atoms with Gasteiger partial charge in [-0.3, -0.25) is 9.59 Å². The molecule has 0 aliphatic heterocycles. The van der Waals surface area contributed by atoms with Crippen LogP contribution in [0.15, 0.2) is 0 Å². The Morgan fingerprint density at radius 3 is 0.886 bits per heavy atom. The SMILES string of the molecule is CC(C)CCCCCCCCCCCCCCCC(=O)OC[C@H](O)COC(=O)CCCCCCCCCCCCCC(C)C. The minimum absolute atomic E-state index is 0.109. The summed E-state index contributed by atoms with van der Waals surface area (Å²) in [6.07, 6.45) is 33.0. The van der Waals surface area contributed by atoms with Crippen LogP contribution in [0.1, 0.15) is 207 Å². The van der Waals surface area contributed by atoms with Crippen molar-refractivity contribution in [3.63, 3.8) is 0 Å². The van der Waals surface area contributed by atoms with Crippen LogP contribution in [-0.2, 0) is 19.1 Å². The van der Waals surface area contributed by atoms with Gasteiger partial charge in [-0.2, -0.15) is 0 Å². The number of esters is 2. The van der Waals surface area contributed by atoms with Crippen LogP contribution in [0, 0.1) is 11.8 Å². The topological polar surface area (TPSA) is 72.8 Å². The molecule has 0 radical (unpaired) electrons. The summed E-state index contributed by atoms with van der Waals surface area (Å²) < 4.78 is 10.3. The van der Waals surface area contributed by atoms with Crippen molar-refractivity contribution in [2.45, 2.75) is 214 Å². The average molecular weight is 625 g/mol. The van der Waals surface area contributed by atoms with E-state index in [0.29, 0.717) is 12.8 Å². The molecule has 0 unspecified atom stereocenters. The summed E-state index contributed by atoms with van der Waals surface area (Å²) in [6, 6.07) is 0. The number of carbonyl (C=O) groups excluding carboxylic acids is 2. The van der Waals surface area contributed by atoms with Crippen LogP contribution in [0.25, 0.3) is 0 Å². The van der Waals surface area contributed by atoms with Gasteiger partial charge in [0.15, 0.2) is 0 Å². The summed E-state index contributed by atoms with van der Waals surface area (Å²) in [4.78, 5) is 23.9. The molecular formula is C39H76O5. The second-order valence-electron chi connectivity index (χ2n) is 14.4. The Bertz CT molecular complexity index is 618. The number of aliphatic hydroxyl groups excluding tert-OH is 1. The molecular weight excluding hydrogens is 548 g/mol. The second kappa shape index (κ2) is 33.3. The maximum atomic E-state index is 12.0. The molecule has 0 spiro atoms. The van der Waals surface area contributed by atoms with Crippen LogP contribution in [0.4, 0.5) is 0 Å². The largest absolute Gasteiger partial charge is 0.463 e. The van der Waals surface area contributed by atoms with Crippen LogP contribution >= 0.6 is 0 Å². The molecule has 0 saturated carbocycles. The third-order valence-electron chi connectivity index (χ3n) is 8.70. The number of hydrogen-bond acceptors (Lipinski definition) is 5. The number of aliphatic hydroxyl groups is 1. The second-order valence-corrected chi connectivity index (χ2v) is 14.4. The maximum absolute atomic E-state index is 12.0. The molecule has 0 bridgehead atoms. The first-order valence-corrected chi connectivity index (χ1v) is 19.3. The van der Waals surface area contributed by atoms with Gasteiger partial charge >= 0.3 is 11.9 Å². The lowest BCUT2D eigenvalue weighted by Gasteiger charge is -2.12. The molecule has 0 heterocycles. The van der Waals surface area contributed by atoms with Gasteiger partial charge in [-0.05, 0) is 24.7 Å². The van der Waals surface area contributed by atoms with Gasteiger partial charge in [-0.15, -0.1) is 0 Å². The van der Waals surface area contributed by atoms with Gasteiger partial charge in [0.2, 0.25) is 0 Å². The van der Waals surface area contributed by atoms with Crippen molar-refractivity contribution in [1.82, 2.24) is 0 Å². The highest BCUT2D eigenvalue weighted by Crippen LogP contribution is 2.16. The minimum atomic E-state index is -0.956. The molecule has 0 aliphatic carbocycles. The van der Waals surface area contributed by atoms with Crippen molar-refractivity contribution < 1.29 is 24.2 Å². The lowest BCUT2D eigenvalue weighted by molar-refractivity contribution is -0.152. The highest BCUT2D eigenvalue weighted by Gasteiger charge is 2.12. The first-order valence-electron chi connectivity index (χ1n) is 19.3. The van der Waals surface area contributed by atoms with E-state index in [-0.39, 0.29) is 25.2 Å². The molecule has 0 rings (SSSR count). The predicted molar refractivity (Wildman–Crippen MR) is 187 cm³/mol. The molecule has 1 atom stereocenters. The van der Waals surface area contributed by atoms with Crippen molar-refractivity contribution in [2.24, 2.45) is 11.8 Å². The lowest BCUT2D eigenvalue weighted by Crippen LogP contribution is -2.25. The number of unbranched alkanes of at least 4 members (excludes halogenated alkanes) is 22. The molecule has 5 heteroatoms. The fourth-order valence-electron chi connectivity index (χ4n) is 5.75. The average Bonchev–Trinajstić information content (AvgIpc) is 2.98. The highest BCUT2D eigenvalue weighted by molar-refractivity contribution is 5.69. The Balaban J connectivity index is 3.39. The molecule has 0 aromatic rings. The molecule has 5 nitrogen and oxygen atoms in total. The van der Waals surface area contributed by atoms with Crippen LogP contribution in [0.3, 0.4) is 0 Å². The van der Waals surface area contributed by atoms with E-state index in [2.05, 4.69) is 27.7 Å². The van der Waals surface area contributed by atoms with Crippen LogP contribution < -0.4 is 0 Å². The van der Waals surface area contributed by atoms with Crippen LogP contribution in [0.5, 0.6) is 0 Å². The van der Waals surface area contributed by atoms with Gasteiger partial charge in [0.1, 0.15) is 19.3 Å². The third kappa shape index (κ3) is 35.4. The van der Waals surface area contributed by atoms with Gasteiger partial charge in [0, 0.05) is 12.8 Å². The molecule has 0 fully saturated rings. The Kier molecular flexibility index (Phi) is 32.4. The fourth-order valence-corrected chi connectivity index (χ4v) is 5.75. The lowest BCUT2D eigenvalue weighted by atomic mass is 10.0. The zero-order chi connectivity index (χ0) is 32.5. The van der Waals surface area contributed by atoms with Crippen molar-refractivity contribution in [3.05, 3.63) is 0 Å². The Hall–Kier alpha value is -1.10. The summed E-state index contributed by atoms with van der Waals surface area (Å²) >= 11 is 0. The van der Waals surface area contributed by atoms with E-state index in [1.165, 1.54) is 141 Å². The van der Waals surface area contributed by atoms with E-state index in [0.717, 1.165) is 37.5 Å². The first-order chi connectivity index (χ1) is 21.3. The fraction of sp³-hybridized carbons (Fsp3) is 0.949. The van der Waals surface area contributed by atoms with E-state index in [9.17, 15) is 14.7 Å². The standard InChI is InChI=1S/C39H76O5/c1-35(2)29-25-21-17-13-9-6-5-7-11-15-19-23-27-31-38(41)43-33-37(40)34-44-39(42)32-28-24-20-16-12-8-10-14-18-22-26-30-36(3)4/h35-37,40H,5-34H2,1-4H3/t37-/m0/s1. The summed E-state index contributed by atoms with van der Waals surface area (Å²) in [5.41, 5.74) is 0. The zero-order valence-electron chi connectivity index (χ0n) is 30.0. The van der Waals surface area contributed by atoms with E-state index < -0.39 is 6.10 Å². The first kappa shape index (κ1) is 42.9. The van der Waals surface area contributed by atoms with E-state index in [1.807, 2.05) is 0 Å². The number of ether oxygens (including phenoxy) is 2. The number of hydrogen-bond donors (Lipinski definition) is 1.